The molecular formula is C24H34O3. The Balaban J connectivity index is 2.35. The SMILES string of the molecule is C=CCCC(CC)C(=O)COCC(C)CC(=O)C[C@H](C=C)c1ccccc1. The second kappa shape index (κ2) is 13.2. The summed E-state index contributed by atoms with van der Waals surface area (Å²) in [5.74, 6) is 0.528. The lowest BCUT2D eigenvalue weighted by Gasteiger charge is -2.16. The Labute approximate surface area is 164 Å². The van der Waals surface area contributed by atoms with Crippen LogP contribution in [0.2, 0.25) is 0 Å². The predicted octanol–water partition coefficient (Wildman–Crippen LogP) is 5.52. The quantitative estimate of drug-likeness (QED) is 0.382. The van der Waals surface area contributed by atoms with Gasteiger partial charge in [-0.25, -0.2) is 0 Å². The van der Waals surface area contributed by atoms with Gasteiger partial charge in [0.2, 0.25) is 0 Å². The van der Waals surface area contributed by atoms with Crippen molar-refractivity contribution in [2.45, 2.75) is 51.9 Å². The first-order chi connectivity index (χ1) is 13.0. The van der Waals surface area contributed by atoms with Crippen LogP contribution in [0.1, 0.15) is 57.4 Å². The highest BCUT2D eigenvalue weighted by atomic mass is 16.5. The molecule has 0 saturated carbocycles. The zero-order valence-electron chi connectivity index (χ0n) is 16.9. The molecule has 2 unspecified atom stereocenters. The predicted molar refractivity (Wildman–Crippen MR) is 112 cm³/mol. The van der Waals surface area contributed by atoms with Gasteiger partial charge < -0.3 is 4.74 Å². The fraction of sp³-hybridized carbons (Fsp3) is 0.500. The molecule has 148 valence electrons. The zero-order valence-corrected chi connectivity index (χ0v) is 16.9. The van der Waals surface area contributed by atoms with E-state index in [4.69, 9.17) is 4.74 Å². The van der Waals surface area contributed by atoms with Crippen LogP contribution in [0.4, 0.5) is 0 Å². The number of ketones is 2. The second-order valence-corrected chi connectivity index (χ2v) is 7.26. The number of Topliss-reactive ketones (excluding diaryl/α,β-unsaturated/α-hetero) is 2. The van der Waals surface area contributed by atoms with E-state index >= 15 is 0 Å². The standard InChI is InChI=1S/C24H34O3/c1-5-8-12-20(6-2)24(26)18-27-17-19(4)15-23(25)16-21(7-3)22-13-10-9-11-14-22/h5,7,9-11,13-14,19-21H,1,3,6,8,12,15-18H2,2,4H3/t19?,20?,21-/m0/s1. The number of rotatable bonds is 15. The highest BCUT2D eigenvalue weighted by molar-refractivity contribution is 5.82. The monoisotopic (exact) mass is 370 g/mol. The van der Waals surface area contributed by atoms with Crippen molar-refractivity contribution in [2.24, 2.45) is 11.8 Å². The molecule has 0 heterocycles. The van der Waals surface area contributed by atoms with Crippen LogP contribution < -0.4 is 0 Å². The fourth-order valence-electron chi connectivity index (χ4n) is 3.20. The van der Waals surface area contributed by atoms with Crippen molar-refractivity contribution in [1.82, 2.24) is 0 Å². The highest BCUT2D eigenvalue weighted by Crippen LogP contribution is 2.22. The minimum Gasteiger partial charge on any atom is -0.373 e. The van der Waals surface area contributed by atoms with Crippen molar-refractivity contribution in [3.63, 3.8) is 0 Å². The number of allylic oxidation sites excluding steroid dienone is 2. The van der Waals surface area contributed by atoms with Gasteiger partial charge in [0.25, 0.3) is 0 Å². The summed E-state index contributed by atoms with van der Waals surface area (Å²) in [6, 6.07) is 9.96. The summed E-state index contributed by atoms with van der Waals surface area (Å²) in [5.41, 5.74) is 1.11. The van der Waals surface area contributed by atoms with E-state index in [1.165, 1.54) is 0 Å². The molecule has 0 radical (unpaired) electrons. The summed E-state index contributed by atoms with van der Waals surface area (Å²) in [6.07, 6.45) is 7.10. The molecule has 1 aromatic carbocycles. The van der Waals surface area contributed by atoms with Crippen molar-refractivity contribution in [1.29, 1.82) is 0 Å². The van der Waals surface area contributed by atoms with Crippen LogP contribution in [0.25, 0.3) is 0 Å². The smallest absolute Gasteiger partial charge is 0.161 e. The van der Waals surface area contributed by atoms with E-state index in [-0.39, 0.29) is 35.9 Å². The van der Waals surface area contributed by atoms with Gasteiger partial charge in [-0.1, -0.05) is 56.3 Å². The van der Waals surface area contributed by atoms with Crippen LogP contribution in [-0.2, 0) is 14.3 Å². The molecule has 0 fully saturated rings. The number of hydrogen-bond donors (Lipinski definition) is 0. The number of carbonyl (C=O) groups is 2. The molecule has 0 amide bonds. The van der Waals surface area contributed by atoms with Crippen LogP contribution >= 0.6 is 0 Å². The van der Waals surface area contributed by atoms with Gasteiger partial charge in [0.1, 0.15) is 12.4 Å². The van der Waals surface area contributed by atoms with E-state index in [0.717, 1.165) is 24.8 Å². The molecule has 0 N–H and O–H groups in total. The summed E-state index contributed by atoms with van der Waals surface area (Å²) in [7, 11) is 0. The Hall–Kier alpha value is -2.00. The molecule has 1 rings (SSSR count). The molecule has 3 heteroatoms. The van der Waals surface area contributed by atoms with E-state index in [1.54, 1.807) is 0 Å². The summed E-state index contributed by atoms with van der Waals surface area (Å²) in [6.45, 7) is 12.1. The van der Waals surface area contributed by atoms with Crippen molar-refractivity contribution < 1.29 is 14.3 Å². The maximum absolute atomic E-state index is 12.4. The van der Waals surface area contributed by atoms with Crippen LogP contribution in [0.5, 0.6) is 0 Å². The number of ether oxygens (including phenoxy) is 1. The minimum atomic E-state index is 0.0409. The summed E-state index contributed by atoms with van der Waals surface area (Å²) >= 11 is 0. The van der Waals surface area contributed by atoms with Gasteiger partial charge in [0.15, 0.2) is 5.78 Å². The van der Waals surface area contributed by atoms with Gasteiger partial charge in [-0.2, -0.15) is 0 Å². The molecule has 3 atom stereocenters. The first kappa shape index (κ1) is 23.0. The van der Waals surface area contributed by atoms with Gasteiger partial charge in [-0.15, -0.1) is 13.2 Å². The first-order valence-corrected chi connectivity index (χ1v) is 9.92. The van der Waals surface area contributed by atoms with Crippen LogP contribution in [0, 0.1) is 11.8 Å². The molecule has 1 aromatic rings. The lowest BCUT2D eigenvalue weighted by Crippen LogP contribution is -2.22. The molecule has 0 saturated heterocycles. The second-order valence-electron chi connectivity index (χ2n) is 7.26. The van der Waals surface area contributed by atoms with Gasteiger partial charge in [0, 0.05) is 24.7 Å². The number of benzene rings is 1. The van der Waals surface area contributed by atoms with Gasteiger partial charge in [-0.3, -0.25) is 9.59 Å². The third-order valence-electron chi connectivity index (χ3n) is 4.85. The summed E-state index contributed by atoms with van der Waals surface area (Å²) in [5, 5.41) is 0. The zero-order chi connectivity index (χ0) is 20.1. The van der Waals surface area contributed by atoms with Crippen molar-refractivity contribution in [3.05, 3.63) is 61.2 Å². The Kier molecular flexibility index (Phi) is 11.3. The normalized spacial score (nSPS) is 14.1. The third kappa shape index (κ3) is 8.96. The van der Waals surface area contributed by atoms with Gasteiger partial charge in [0.05, 0.1) is 6.61 Å². The summed E-state index contributed by atoms with van der Waals surface area (Å²) in [4.78, 5) is 24.6. The average molecular weight is 371 g/mol. The number of carbonyl (C=O) groups excluding carboxylic acids is 2. The maximum Gasteiger partial charge on any atom is 0.161 e. The molecule has 27 heavy (non-hydrogen) atoms. The molecule has 3 nitrogen and oxygen atoms in total. The Morgan fingerprint density at radius 2 is 1.85 bits per heavy atom. The third-order valence-corrected chi connectivity index (χ3v) is 4.85. The number of hydrogen-bond acceptors (Lipinski definition) is 3. The molecule has 0 aromatic heterocycles. The fourth-order valence-corrected chi connectivity index (χ4v) is 3.20. The first-order valence-electron chi connectivity index (χ1n) is 9.92. The molecule has 0 aliphatic carbocycles. The molecule has 0 aliphatic rings. The molecule has 0 bridgehead atoms. The van der Waals surface area contributed by atoms with E-state index in [1.807, 2.05) is 56.3 Å². The Morgan fingerprint density at radius 1 is 1.15 bits per heavy atom. The van der Waals surface area contributed by atoms with Crippen LogP contribution in [0.15, 0.2) is 55.6 Å². The summed E-state index contributed by atoms with van der Waals surface area (Å²) < 4.78 is 5.59. The average Bonchev–Trinajstić information content (AvgIpc) is 2.67. The van der Waals surface area contributed by atoms with Crippen molar-refractivity contribution in [2.75, 3.05) is 13.2 Å². The lowest BCUT2D eigenvalue weighted by molar-refractivity contribution is -0.128. The van der Waals surface area contributed by atoms with Crippen molar-refractivity contribution in [3.8, 4) is 0 Å². The Morgan fingerprint density at radius 3 is 2.44 bits per heavy atom. The minimum absolute atomic E-state index is 0.0409. The highest BCUT2D eigenvalue weighted by Gasteiger charge is 2.18. The van der Waals surface area contributed by atoms with Gasteiger partial charge >= 0.3 is 0 Å². The maximum atomic E-state index is 12.4. The van der Waals surface area contributed by atoms with Gasteiger partial charge in [-0.05, 0) is 30.7 Å². The molecule has 0 aliphatic heterocycles. The van der Waals surface area contributed by atoms with E-state index < -0.39 is 0 Å². The largest absolute Gasteiger partial charge is 0.373 e. The van der Waals surface area contributed by atoms with Crippen LogP contribution in [-0.4, -0.2) is 24.8 Å². The van der Waals surface area contributed by atoms with Crippen molar-refractivity contribution >= 4 is 11.6 Å². The van der Waals surface area contributed by atoms with Crippen LogP contribution in [0.3, 0.4) is 0 Å². The van der Waals surface area contributed by atoms with E-state index in [0.29, 0.717) is 19.4 Å². The Bertz CT molecular complexity index is 591. The van der Waals surface area contributed by atoms with E-state index in [2.05, 4.69) is 13.2 Å². The lowest BCUT2D eigenvalue weighted by atomic mass is 9.91. The topological polar surface area (TPSA) is 43.4 Å². The van der Waals surface area contributed by atoms with E-state index in [9.17, 15) is 9.59 Å². The molecule has 0 spiro atoms. The molecular weight excluding hydrogens is 336 g/mol.